The summed E-state index contributed by atoms with van der Waals surface area (Å²) in [4.78, 5) is 17.1. The lowest BCUT2D eigenvalue weighted by atomic mass is 10.1. The van der Waals surface area contributed by atoms with Crippen molar-refractivity contribution in [3.8, 4) is 11.5 Å². The topological polar surface area (TPSA) is 68.1 Å². The zero-order valence-corrected chi connectivity index (χ0v) is 17.0. The van der Waals surface area contributed by atoms with Crippen molar-refractivity contribution in [1.29, 1.82) is 0 Å². The van der Waals surface area contributed by atoms with Crippen LogP contribution in [0.15, 0.2) is 51.6 Å². The Hall–Kier alpha value is -2.35. The molecule has 1 N–H and O–H groups in total. The van der Waals surface area contributed by atoms with E-state index < -0.39 is 5.97 Å². The van der Waals surface area contributed by atoms with E-state index in [-0.39, 0.29) is 17.3 Å². The zero-order chi connectivity index (χ0) is 19.1. The number of benzene rings is 2. The van der Waals surface area contributed by atoms with E-state index in [0.29, 0.717) is 21.2 Å². The average Bonchev–Trinajstić information content (AvgIpc) is 3.16. The Kier molecular flexibility index (Phi) is 4.67. The lowest BCUT2D eigenvalue weighted by molar-refractivity contribution is -0.129. The van der Waals surface area contributed by atoms with Gasteiger partial charge in [-0.05, 0) is 35.9 Å². The maximum absolute atomic E-state index is 12.2. The number of esters is 1. The molecule has 0 aliphatic carbocycles. The van der Waals surface area contributed by atoms with Gasteiger partial charge >= 0.3 is 5.97 Å². The highest BCUT2D eigenvalue weighted by Crippen LogP contribution is 2.38. The SMILES string of the molecule is COc1cc(/C=C2/N=C(c3sc4cc(Br)ccc4c3Cl)OC2=O)ccc1O. The van der Waals surface area contributed by atoms with Gasteiger partial charge in [-0.1, -0.05) is 39.7 Å². The summed E-state index contributed by atoms with van der Waals surface area (Å²) < 4.78 is 12.3. The molecule has 2 heterocycles. The minimum Gasteiger partial charge on any atom is -0.504 e. The molecule has 2 aromatic carbocycles. The number of ether oxygens (including phenoxy) is 2. The maximum Gasteiger partial charge on any atom is 0.363 e. The summed E-state index contributed by atoms with van der Waals surface area (Å²) in [5, 5.41) is 11.1. The summed E-state index contributed by atoms with van der Waals surface area (Å²) in [6.45, 7) is 0. The number of hydrogen-bond donors (Lipinski definition) is 1. The molecular formula is C19H11BrClNO4S. The van der Waals surface area contributed by atoms with Crippen molar-refractivity contribution in [1.82, 2.24) is 0 Å². The number of aromatic hydroxyl groups is 1. The molecule has 0 atom stereocenters. The Morgan fingerprint density at radius 1 is 1.30 bits per heavy atom. The molecule has 3 aromatic rings. The second-order valence-electron chi connectivity index (χ2n) is 5.65. The van der Waals surface area contributed by atoms with Gasteiger partial charge in [0.05, 0.1) is 12.1 Å². The van der Waals surface area contributed by atoms with E-state index >= 15 is 0 Å². The van der Waals surface area contributed by atoms with Crippen molar-refractivity contribution in [3.63, 3.8) is 0 Å². The molecule has 0 spiro atoms. The second-order valence-corrected chi connectivity index (χ2v) is 8.00. The fourth-order valence-corrected chi connectivity index (χ4v) is 4.61. The van der Waals surface area contributed by atoms with Crippen LogP contribution in [0.1, 0.15) is 10.4 Å². The lowest BCUT2D eigenvalue weighted by Crippen LogP contribution is -2.04. The first-order valence-electron chi connectivity index (χ1n) is 7.74. The molecule has 27 heavy (non-hydrogen) atoms. The van der Waals surface area contributed by atoms with Crippen LogP contribution in [0.2, 0.25) is 5.02 Å². The monoisotopic (exact) mass is 463 g/mol. The van der Waals surface area contributed by atoms with Crippen molar-refractivity contribution >= 4 is 66.9 Å². The van der Waals surface area contributed by atoms with Crippen LogP contribution in [0.25, 0.3) is 16.2 Å². The molecule has 136 valence electrons. The maximum atomic E-state index is 12.2. The van der Waals surface area contributed by atoms with Crippen molar-refractivity contribution < 1.29 is 19.4 Å². The van der Waals surface area contributed by atoms with E-state index in [2.05, 4.69) is 20.9 Å². The van der Waals surface area contributed by atoms with Gasteiger partial charge in [0.15, 0.2) is 17.2 Å². The number of methoxy groups -OCH3 is 1. The summed E-state index contributed by atoms with van der Waals surface area (Å²) >= 11 is 11.3. The summed E-state index contributed by atoms with van der Waals surface area (Å²) in [7, 11) is 1.45. The number of halogens is 2. The van der Waals surface area contributed by atoms with E-state index in [4.69, 9.17) is 21.1 Å². The molecule has 8 heteroatoms. The van der Waals surface area contributed by atoms with Crippen LogP contribution in [0.4, 0.5) is 0 Å². The fraction of sp³-hybridized carbons (Fsp3) is 0.0526. The van der Waals surface area contributed by atoms with Crippen molar-refractivity contribution in [2.45, 2.75) is 0 Å². The van der Waals surface area contributed by atoms with Crippen LogP contribution in [0.5, 0.6) is 11.5 Å². The molecule has 0 fully saturated rings. The third-order valence-electron chi connectivity index (χ3n) is 3.91. The number of fused-ring (bicyclic) bond motifs is 1. The highest BCUT2D eigenvalue weighted by atomic mass is 79.9. The number of phenolic OH excluding ortho intramolecular Hbond substituents is 1. The summed E-state index contributed by atoms with van der Waals surface area (Å²) in [5.41, 5.74) is 0.792. The van der Waals surface area contributed by atoms with Gasteiger partial charge < -0.3 is 14.6 Å². The molecule has 5 nitrogen and oxygen atoms in total. The Bertz CT molecular complexity index is 1150. The Labute approximate surface area is 171 Å². The summed E-state index contributed by atoms with van der Waals surface area (Å²) in [6, 6.07) is 10.5. The largest absolute Gasteiger partial charge is 0.504 e. The van der Waals surface area contributed by atoms with Gasteiger partial charge in [-0.3, -0.25) is 0 Å². The van der Waals surface area contributed by atoms with Crippen LogP contribution in [0.3, 0.4) is 0 Å². The van der Waals surface area contributed by atoms with Gasteiger partial charge in [0.25, 0.3) is 0 Å². The molecular weight excluding hydrogens is 454 g/mol. The predicted octanol–water partition coefficient (Wildman–Crippen LogP) is 5.38. The van der Waals surface area contributed by atoms with Gasteiger partial charge in [0, 0.05) is 14.6 Å². The fourth-order valence-electron chi connectivity index (χ4n) is 2.62. The first-order chi connectivity index (χ1) is 13.0. The van der Waals surface area contributed by atoms with Crippen LogP contribution in [-0.4, -0.2) is 24.1 Å². The van der Waals surface area contributed by atoms with Crippen LogP contribution < -0.4 is 4.74 Å². The molecule has 1 aliphatic rings. The number of thiophene rings is 1. The second kappa shape index (κ2) is 6.99. The molecule has 0 saturated heterocycles. The first kappa shape index (κ1) is 18.0. The number of cyclic esters (lactones) is 1. The van der Waals surface area contributed by atoms with Crippen LogP contribution >= 0.6 is 38.9 Å². The zero-order valence-electron chi connectivity index (χ0n) is 13.8. The normalized spacial score (nSPS) is 15.3. The molecule has 0 saturated carbocycles. The quantitative estimate of drug-likeness (QED) is 0.418. The number of carbonyl (C=O) groups is 1. The third-order valence-corrected chi connectivity index (χ3v) is 6.05. The highest BCUT2D eigenvalue weighted by Gasteiger charge is 2.28. The number of carbonyl (C=O) groups excluding carboxylic acids is 1. The van der Waals surface area contributed by atoms with Crippen molar-refractivity contribution in [3.05, 3.63) is 62.0 Å². The van der Waals surface area contributed by atoms with Crippen LogP contribution in [-0.2, 0) is 9.53 Å². The van der Waals surface area contributed by atoms with Gasteiger partial charge in [0.1, 0.15) is 4.88 Å². The van der Waals surface area contributed by atoms with Crippen molar-refractivity contribution in [2.24, 2.45) is 4.99 Å². The Balaban J connectivity index is 1.74. The standard InChI is InChI=1S/C19H11BrClNO4S/c1-25-14-7-9(2-5-13(14)23)6-12-19(24)26-18(22-12)17-16(21)11-4-3-10(20)8-15(11)27-17/h2-8,23H,1H3/b12-6+. The summed E-state index contributed by atoms with van der Waals surface area (Å²) in [6.07, 6.45) is 1.56. The van der Waals surface area contributed by atoms with Gasteiger partial charge in [-0.25, -0.2) is 9.79 Å². The Morgan fingerprint density at radius 2 is 2.11 bits per heavy atom. The molecule has 1 aliphatic heterocycles. The van der Waals surface area contributed by atoms with E-state index in [0.717, 1.165) is 14.6 Å². The molecule has 0 bridgehead atoms. The molecule has 0 radical (unpaired) electrons. The molecule has 4 rings (SSSR count). The van der Waals surface area contributed by atoms with Crippen LogP contribution in [0, 0.1) is 0 Å². The number of nitrogens with zero attached hydrogens (tertiary/aromatic N) is 1. The number of rotatable bonds is 3. The number of phenols is 1. The summed E-state index contributed by atoms with van der Waals surface area (Å²) in [5.74, 6) is -0.0647. The minimum absolute atomic E-state index is 0.0149. The van der Waals surface area contributed by atoms with E-state index in [1.165, 1.54) is 24.5 Å². The van der Waals surface area contributed by atoms with E-state index in [9.17, 15) is 9.90 Å². The predicted molar refractivity (Wildman–Crippen MR) is 110 cm³/mol. The van der Waals surface area contributed by atoms with Gasteiger partial charge in [-0.15, -0.1) is 11.3 Å². The smallest absolute Gasteiger partial charge is 0.363 e. The van der Waals surface area contributed by atoms with Gasteiger partial charge in [-0.2, -0.15) is 0 Å². The molecule has 1 aromatic heterocycles. The minimum atomic E-state index is -0.563. The molecule has 0 amide bonds. The van der Waals surface area contributed by atoms with Crippen molar-refractivity contribution in [2.75, 3.05) is 7.11 Å². The number of aliphatic imine (C=N–C) groups is 1. The Morgan fingerprint density at radius 3 is 2.89 bits per heavy atom. The first-order valence-corrected chi connectivity index (χ1v) is 9.72. The third kappa shape index (κ3) is 3.34. The highest BCUT2D eigenvalue weighted by molar-refractivity contribution is 9.10. The van der Waals surface area contributed by atoms with E-state index in [1.54, 1.807) is 18.2 Å². The molecule has 0 unspecified atom stereocenters. The lowest BCUT2D eigenvalue weighted by Gasteiger charge is -2.03. The van der Waals surface area contributed by atoms with Gasteiger partial charge in [0.2, 0.25) is 5.90 Å². The average molecular weight is 465 g/mol. The van der Waals surface area contributed by atoms with E-state index in [1.807, 2.05) is 18.2 Å². The number of hydrogen-bond acceptors (Lipinski definition) is 6.